The second kappa shape index (κ2) is 8.53. The number of carbonyl (C=O) groups is 2. The first-order valence-electron chi connectivity index (χ1n) is 7.54. The third kappa shape index (κ3) is 5.43. The molecule has 0 amide bonds. The lowest BCUT2D eigenvalue weighted by Crippen LogP contribution is -2.50. The number of esters is 1. The molecule has 1 N–H and O–H groups in total. The zero-order chi connectivity index (χ0) is 16.8. The maximum Gasteiger partial charge on any atom is 0.308 e. The maximum atomic E-state index is 11.5. The van der Waals surface area contributed by atoms with Gasteiger partial charge in [0.05, 0.1) is 26.1 Å². The molecule has 0 aliphatic rings. The van der Waals surface area contributed by atoms with Gasteiger partial charge in [-0.25, -0.2) is 0 Å². The highest BCUT2D eigenvalue weighted by Crippen LogP contribution is 2.43. The number of ether oxygens (including phenoxy) is 1. The summed E-state index contributed by atoms with van der Waals surface area (Å²) in [4.78, 5) is 22.6. The maximum absolute atomic E-state index is 11.5. The van der Waals surface area contributed by atoms with E-state index in [0.29, 0.717) is 16.6 Å². The van der Waals surface area contributed by atoms with Gasteiger partial charge in [-0.3, -0.25) is 9.59 Å². The minimum Gasteiger partial charge on any atom is -0.481 e. The normalized spacial score (nSPS) is 13.8. The van der Waals surface area contributed by atoms with Crippen LogP contribution in [0.15, 0.2) is 0 Å². The average molecular weight is 318 g/mol. The molecule has 0 aromatic heterocycles. The molecule has 0 saturated heterocycles. The third-order valence-corrected chi connectivity index (χ3v) is 10.3. The number of hydrogen-bond acceptors (Lipinski definition) is 4. The average Bonchev–Trinajstić information content (AvgIpc) is 2.33. The summed E-state index contributed by atoms with van der Waals surface area (Å²) in [6.07, 6.45) is -0.798. The number of methoxy groups -OCH3 is 1. The van der Waals surface area contributed by atoms with Crippen LogP contribution in [0, 0.1) is 0 Å². The van der Waals surface area contributed by atoms with Crippen LogP contribution < -0.4 is 0 Å². The van der Waals surface area contributed by atoms with Crippen molar-refractivity contribution in [2.24, 2.45) is 0 Å². The monoisotopic (exact) mass is 318 g/mol. The van der Waals surface area contributed by atoms with Crippen LogP contribution in [0.3, 0.4) is 0 Å². The predicted octanol–water partition coefficient (Wildman–Crippen LogP) is 3.58. The Morgan fingerprint density at radius 3 is 1.67 bits per heavy atom. The number of carbonyl (C=O) groups excluding carboxylic acids is 1. The van der Waals surface area contributed by atoms with Gasteiger partial charge in [0.1, 0.15) is 0 Å². The minimum absolute atomic E-state index is 0.0102. The van der Waals surface area contributed by atoms with Crippen LogP contribution in [0.1, 0.15) is 54.4 Å². The van der Waals surface area contributed by atoms with Crippen molar-refractivity contribution in [3.8, 4) is 0 Å². The van der Waals surface area contributed by atoms with Crippen LogP contribution in [0.25, 0.3) is 0 Å². The van der Waals surface area contributed by atoms with E-state index in [0.717, 1.165) is 0 Å². The molecular formula is C15H30O5Si. The summed E-state index contributed by atoms with van der Waals surface area (Å²) in [5, 5.41) is 9.07. The lowest BCUT2D eigenvalue weighted by Gasteiger charge is -2.44. The van der Waals surface area contributed by atoms with E-state index in [1.807, 2.05) is 0 Å². The molecule has 0 radical (unpaired) electrons. The fraction of sp³-hybridized carbons (Fsp3) is 0.867. The van der Waals surface area contributed by atoms with Crippen LogP contribution >= 0.6 is 0 Å². The van der Waals surface area contributed by atoms with E-state index in [1.165, 1.54) is 7.11 Å². The molecular weight excluding hydrogens is 288 g/mol. The van der Waals surface area contributed by atoms with Gasteiger partial charge in [-0.2, -0.15) is 0 Å². The van der Waals surface area contributed by atoms with Gasteiger partial charge >= 0.3 is 11.9 Å². The predicted molar refractivity (Wildman–Crippen MR) is 84.8 cm³/mol. The van der Waals surface area contributed by atoms with Crippen molar-refractivity contribution in [3.63, 3.8) is 0 Å². The molecule has 6 heteroatoms. The van der Waals surface area contributed by atoms with Crippen LogP contribution in [0.5, 0.6) is 0 Å². The summed E-state index contributed by atoms with van der Waals surface area (Å²) in [6, 6.07) is 0. The SMILES string of the molecule is COC(=O)CC(CC(=O)O)O[Si](C(C)C)(C(C)C)C(C)C. The summed E-state index contributed by atoms with van der Waals surface area (Å²) >= 11 is 0. The Morgan fingerprint density at radius 2 is 1.38 bits per heavy atom. The van der Waals surface area contributed by atoms with Crippen molar-refractivity contribution in [1.82, 2.24) is 0 Å². The number of rotatable bonds is 9. The lowest BCUT2D eigenvalue weighted by atomic mass is 10.2. The lowest BCUT2D eigenvalue weighted by molar-refractivity contribution is -0.144. The number of carboxylic acids is 1. The van der Waals surface area contributed by atoms with E-state index in [1.54, 1.807) is 0 Å². The first-order valence-corrected chi connectivity index (χ1v) is 9.68. The number of carboxylic acid groups (broad SMARTS) is 1. The van der Waals surface area contributed by atoms with E-state index in [9.17, 15) is 9.59 Å². The third-order valence-electron chi connectivity index (χ3n) is 4.10. The summed E-state index contributed by atoms with van der Waals surface area (Å²) in [6.45, 7) is 12.8. The zero-order valence-corrected chi connectivity index (χ0v) is 15.3. The van der Waals surface area contributed by atoms with Crippen molar-refractivity contribution < 1.29 is 23.9 Å². The molecule has 5 nitrogen and oxygen atoms in total. The molecule has 0 aromatic carbocycles. The molecule has 1 atom stereocenters. The molecule has 0 fully saturated rings. The molecule has 0 heterocycles. The first-order chi connectivity index (χ1) is 9.57. The van der Waals surface area contributed by atoms with E-state index >= 15 is 0 Å². The van der Waals surface area contributed by atoms with Crippen molar-refractivity contribution in [3.05, 3.63) is 0 Å². The van der Waals surface area contributed by atoms with Gasteiger partial charge in [0, 0.05) is 0 Å². The van der Waals surface area contributed by atoms with Crippen molar-refractivity contribution in [1.29, 1.82) is 0 Å². The zero-order valence-electron chi connectivity index (χ0n) is 14.3. The molecule has 124 valence electrons. The van der Waals surface area contributed by atoms with Gasteiger partial charge in [0.2, 0.25) is 8.32 Å². The first kappa shape index (κ1) is 20.1. The van der Waals surface area contributed by atoms with Crippen molar-refractivity contribution >= 4 is 20.3 Å². The van der Waals surface area contributed by atoms with E-state index in [2.05, 4.69) is 46.3 Å². The second-order valence-electron chi connectivity index (χ2n) is 6.44. The molecule has 1 unspecified atom stereocenters. The smallest absolute Gasteiger partial charge is 0.308 e. The Kier molecular flexibility index (Phi) is 8.17. The van der Waals surface area contributed by atoms with Crippen LogP contribution in [0.2, 0.25) is 16.6 Å². The summed E-state index contributed by atoms with van der Waals surface area (Å²) in [7, 11) is -0.904. The van der Waals surface area contributed by atoms with Crippen molar-refractivity contribution in [2.75, 3.05) is 7.11 Å². The molecule has 0 aromatic rings. The van der Waals surface area contributed by atoms with Gasteiger partial charge in [0.25, 0.3) is 0 Å². The Balaban J connectivity index is 5.37. The highest BCUT2D eigenvalue weighted by atomic mass is 28.4. The number of hydrogen-bond donors (Lipinski definition) is 1. The van der Waals surface area contributed by atoms with Crippen LogP contribution in [0.4, 0.5) is 0 Å². The molecule has 0 bridgehead atoms. The van der Waals surface area contributed by atoms with Gasteiger partial charge < -0.3 is 14.3 Å². The quantitative estimate of drug-likeness (QED) is 0.519. The number of aliphatic carboxylic acids is 1. The molecule has 0 aliphatic carbocycles. The highest BCUT2D eigenvalue weighted by molar-refractivity contribution is 6.77. The molecule has 0 rings (SSSR count). The Hall–Kier alpha value is -0.883. The molecule has 0 saturated carbocycles. The summed E-state index contributed by atoms with van der Waals surface area (Å²) in [5.41, 5.74) is 1.02. The molecule has 21 heavy (non-hydrogen) atoms. The highest BCUT2D eigenvalue weighted by Gasteiger charge is 2.47. The van der Waals surface area contributed by atoms with E-state index < -0.39 is 26.4 Å². The summed E-state index contributed by atoms with van der Waals surface area (Å²) < 4.78 is 11.0. The standard InChI is InChI=1S/C15H30O5Si/c1-10(2)21(11(3)4,12(5)6)20-13(8-14(16)17)9-15(18)19-7/h10-13H,8-9H2,1-7H3,(H,16,17). The fourth-order valence-electron chi connectivity index (χ4n) is 3.32. The molecule has 0 spiro atoms. The topological polar surface area (TPSA) is 72.8 Å². The van der Waals surface area contributed by atoms with Gasteiger partial charge in [-0.1, -0.05) is 41.5 Å². The Morgan fingerprint density at radius 1 is 0.952 bits per heavy atom. The van der Waals surface area contributed by atoms with Gasteiger partial charge in [-0.15, -0.1) is 0 Å². The fourth-order valence-corrected chi connectivity index (χ4v) is 8.88. The van der Waals surface area contributed by atoms with E-state index in [4.69, 9.17) is 9.53 Å². The summed E-state index contributed by atoms with van der Waals surface area (Å²) in [5.74, 6) is -1.39. The van der Waals surface area contributed by atoms with Gasteiger partial charge in [-0.05, 0) is 16.6 Å². The largest absolute Gasteiger partial charge is 0.481 e. The van der Waals surface area contributed by atoms with Crippen LogP contribution in [-0.4, -0.2) is 38.6 Å². The Labute approximate surface area is 129 Å². The molecule has 0 aliphatic heterocycles. The Bertz CT molecular complexity index is 330. The minimum atomic E-state index is -2.21. The van der Waals surface area contributed by atoms with E-state index in [-0.39, 0.29) is 12.8 Å². The van der Waals surface area contributed by atoms with Crippen LogP contribution in [-0.2, 0) is 18.8 Å². The van der Waals surface area contributed by atoms with Gasteiger partial charge in [0.15, 0.2) is 0 Å². The second-order valence-corrected chi connectivity index (χ2v) is 11.8. The van der Waals surface area contributed by atoms with Crippen molar-refractivity contribution in [2.45, 2.75) is 77.1 Å².